The summed E-state index contributed by atoms with van der Waals surface area (Å²) in [6.07, 6.45) is 0. The number of rotatable bonds is 6. The van der Waals surface area contributed by atoms with Crippen LogP contribution in [0.1, 0.15) is 35.7 Å². The molecule has 0 bridgehead atoms. The van der Waals surface area contributed by atoms with Gasteiger partial charge < -0.3 is 9.64 Å². The third kappa shape index (κ3) is 4.86. The summed E-state index contributed by atoms with van der Waals surface area (Å²) in [7, 11) is 0.0479. The number of carbonyl (C=O) groups excluding carboxylic acids is 1. The molecule has 0 amide bonds. The Hall–Kier alpha value is -2.22. The van der Waals surface area contributed by atoms with Crippen LogP contribution < -0.4 is 4.72 Å². The third-order valence-electron chi connectivity index (χ3n) is 5.42. The summed E-state index contributed by atoms with van der Waals surface area (Å²) in [6, 6.07) is 15.3. The van der Waals surface area contributed by atoms with Crippen LogP contribution in [0.15, 0.2) is 48.5 Å². The molecule has 0 unspecified atom stereocenters. The van der Waals surface area contributed by atoms with E-state index in [1.165, 1.54) is 7.11 Å². The molecule has 156 valence electrons. The average Bonchev–Trinajstić information content (AvgIpc) is 3.07. The minimum Gasteiger partial charge on any atom is -0.465 e. The smallest absolute Gasteiger partial charge is 0.337 e. The molecular weight excluding hydrogens is 388 g/mol. The van der Waals surface area contributed by atoms with Crippen molar-refractivity contribution in [3.05, 3.63) is 59.7 Å². The summed E-state index contributed by atoms with van der Waals surface area (Å²) in [5.74, 6) is -0.253. The van der Waals surface area contributed by atoms with Crippen LogP contribution >= 0.6 is 0 Å². The molecule has 0 spiro atoms. The van der Waals surface area contributed by atoms with E-state index in [0.29, 0.717) is 12.1 Å². The van der Waals surface area contributed by atoms with Gasteiger partial charge in [-0.05, 0) is 49.7 Å². The topological polar surface area (TPSA) is 75.7 Å². The van der Waals surface area contributed by atoms with E-state index in [9.17, 15) is 13.2 Å². The number of hydrogen-bond donors (Lipinski definition) is 1. The highest BCUT2D eigenvalue weighted by atomic mass is 32.2. The Bertz CT molecular complexity index is 953. The molecule has 0 radical (unpaired) electrons. The summed E-state index contributed by atoms with van der Waals surface area (Å²) in [5, 5.41) is -0.454. The van der Waals surface area contributed by atoms with Gasteiger partial charge in [0.15, 0.2) is 0 Å². The number of carbonyl (C=O) groups is 1. The monoisotopic (exact) mass is 416 g/mol. The number of ether oxygens (including phenoxy) is 1. The van der Waals surface area contributed by atoms with Crippen LogP contribution in [0.2, 0.25) is 0 Å². The first kappa shape index (κ1) is 21.5. The molecule has 2 aromatic rings. The van der Waals surface area contributed by atoms with E-state index in [-0.39, 0.29) is 17.9 Å². The van der Waals surface area contributed by atoms with Gasteiger partial charge in [0.1, 0.15) is 0 Å². The minimum absolute atomic E-state index is 0.101. The number of likely N-dealkylation sites (tertiary alicyclic amines) is 1. The molecular formula is C22H28N2O4S. The number of methoxy groups -OCH3 is 1. The molecule has 2 atom stereocenters. The van der Waals surface area contributed by atoms with Gasteiger partial charge in [0, 0.05) is 25.0 Å². The summed E-state index contributed by atoms with van der Waals surface area (Å²) in [5.41, 5.74) is 3.67. The lowest BCUT2D eigenvalue weighted by molar-refractivity contribution is 0.0600. The molecule has 0 saturated carbocycles. The predicted molar refractivity (Wildman–Crippen MR) is 114 cm³/mol. The van der Waals surface area contributed by atoms with E-state index in [1.54, 1.807) is 26.0 Å². The first-order valence-electron chi connectivity index (χ1n) is 9.69. The lowest BCUT2D eigenvalue weighted by Gasteiger charge is -2.22. The van der Waals surface area contributed by atoms with Crippen LogP contribution in [0.3, 0.4) is 0 Å². The van der Waals surface area contributed by atoms with Crippen LogP contribution in [0.25, 0.3) is 11.1 Å². The van der Waals surface area contributed by atoms with Crippen molar-refractivity contribution in [2.45, 2.75) is 31.1 Å². The number of nitrogens with one attached hydrogen (secondary N) is 1. The molecule has 1 fully saturated rings. The van der Waals surface area contributed by atoms with Crippen molar-refractivity contribution in [3.63, 3.8) is 0 Å². The van der Waals surface area contributed by atoms with Gasteiger partial charge in [-0.15, -0.1) is 0 Å². The maximum absolute atomic E-state index is 12.3. The van der Waals surface area contributed by atoms with Crippen molar-refractivity contribution < 1.29 is 17.9 Å². The highest BCUT2D eigenvalue weighted by Gasteiger charge is 2.35. The van der Waals surface area contributed by atoms with Crippen molar-refractivity contribution in [1.82, 2.24) is 9.62 Å². The van der Waals surface area contributed by atoms with Gasteiger partial charge in [0.2, 0.25) is 10.0 Å². The number of benzene rings is 2. The van der Waals surface area contributed by atoms with E-state index in [1.807, 2.05) is 31.3 Å². The molecule has 0 aliphatic carbocycles. The number of sulfonamides is 1. The van der Waals surface area contributed by atoms with Crippen molar-refractivity contribution >= 4 is 16.0 Å². The Labute approximate surface area is 172 Å². The van der Waals surface area contributed by atoms with E-state index in [0.717, 1.165) is 23.2 Å². The molecule has 2 aromatic carbocycles. The zero-order chi connectivity index (χ0) is 21.2. The first-order valence-corrected chi connectivity index (χ1v) is 11.2. The lowest BCUT2D eigenvalue weighted by atomic mass is 9.93. The molecule has 1 saturated heterocycles. The SMILES string of the molecule is COC(=O)c1ccc(-c2ccc([C@@H]3CN(C)C[C@H]3NS(=O)(=O)C(C)C)cc2)cc1. The fourth-order valence-electron chi connectivity index (χ4n) is 3.64. The van der Waals surface area contributed by atoms with Crippen molar-refractivity contribution in [1.29, 1.82) is 0 Å². The van der Waals surface area contributed by atoms with Gasteiger partial charge in [-0.3, -0.25) is 0 Å². The fraction of sp³-hybridized carbons (Fsp3) is 0.409. The van der Waals surface area contributed by atoms with Crippen LogP contribution in [0.5, 0.6) is 0 Å². The Morgan fingerprint density at radius 3 is 2.10 bits per heavy atom. The Morgan fingerprint density at radius 2 is 1.59 bits per heavy atom. The number of hydrogen-bond acceptors (Lipinski definition) is 5. The number of likely N-dealkylation sites (N-methyl/N-ethyl adjacent to an activating group) is 1. The predicted octanol–water partition coefficient (Wildman–Crippen LogP) is 2.87. The van der Waals surface area contributed by atoms with Gasteiger partial charge in [-0.2, -0.15) is 0 Å². The molecule has 7 heteroatoms. The van der Waals surface area contributed by atoms with Crippen molar-refractivity contribution in [3.8, 4) is 11.1 Å². The Morgan fingerprint density at radius 1 is 1.03 bits per heavy atom. The molecule has 6 nitrogen and oxygen atoms in total. The molecule has 1 N–H and O–H groups in total. The van der Waals surface area contributed by atoms with Gasteiger partial charge in [0.05, 0.1) is 17.9 Å². The van der Waals surface area contributed by atoms with E-state index in [4.69, 9.17) is 4.74 Å². The summed E-state index contributed by atoms with van der Waals surface area (Å²) >= 11 is 0. The Kier molecular flexibility index (Phi) is 6.41. The minimum atomic E-state index is -3.32. The molecule has 3 rings (SSSR count). The van der Waals surface area contributed by atoms with Crippen LogP contribution in [-0.2, 0) is 14.8 Å². The normalized spacial score (nSPS) is 20.2. The average molecular weight is 417 g/mol. The lowest BCUT2D eigenvalue weighted by Crippen LogP contribution is -2.42. The van der Waals surface area contributed by atoms with Gasteiger partial charge in [-0.1, -0.05) is 36.4 Å². The van der Waals surface area contributed by atoms with E-state index < -0.39 is 15.3 Å². The van der Waals surface area contributed by atoms with Crippen molar-refractivity contribution in [2.24, 2.45) is 0 Å². The molecule has 29 heavy (non-hydrogen) atoms. The summed E-state index contributed by atoms with van der Waals surface area (Å²) in [4.78, 5) is 13.7. The van der Waals surface area contributed by atoms with E-state index in [2.05, 4.69) is 21.8 Å². The van der Waals surface area contributed by atoms with E-state index >= 15 is 0 Å². The highest BCUT2D eigenvalue weighted by Crippen LogP contribution is 2.30. The maximum Gasteiger partial charge on any atom is 0.337 e. The summed E-state index contributed by atoms with van der Waals surface area (Å²) < 4.78 is 32.3. The standard InChI is InChI=1S/C22H28N2O4S/c1-15(2)29(26,27)23-21-14-24(3)13-20(21)18-9-5-16(6-10-18)17-7-11-19(12-8-17)22(25)28-4/h5-12,15,20-21,23H,13-14H2,1-4H3/t20-,21+/m0/s1. The Balaban J connectivity index is 1.79. The zero-order valence-corrected chi connectivity index (χ0v) is 18.1. The van der Waals surface area contributed by atoms with Gasteiger partial charge >= 0.3 is 5.97 Å². The van der Waals surface area contributed by atoms with Crippen molar-refractivity contribution in [2.75, 3.05) is 27.2 Å². The van der Waals surface area contributed by atoms with Gasteiger partial charge in [-0.25, -0.2) is 17.9 Å². The maximum atomic E-state index is 12.3. The van der Waals surface area contributed by atoms with Gasteiger partial charge in [0.25, 0.3) is 0 Å². The largest absolute Gasteiger partial charge is 0.465 e. The zero-order valence-electron chi connectivity index (χ0n) is 17.3. The second-order valence-electron chi connectivity index (χ2n) is 7.84. The molecule has 1 aliphatic heterocycles. The second kappa shape index (κ2) is 8.65. The van der Waals surface area contributed by atoms with Crippen LogP contribution in [-0.4, -0.2) is 57.8 Å². The fourth-order valence-corrected chi connectivity index (χ4v) is 4.58. The summed E-state index contributed by atoms with van der Waals surface area (Å²) in [6.45, 7) is 4.87. The van der Waals surface area contributed by atoms with Crippen LogP contribution in [0.4, 0.5) is 0 Å². The van der Waals surface area contributed by atoms with Crippen LogP contribution in [0, 0.1) is 0 Å². The number of nitrogens with zero attached hydrogens (tertiary/aromatic N) is 1. The molecule has 1 heterocycles. The molecule has 0 aromatic heterocycles. The molecule has 1 aliphatic rings. The number of esters is 1. The highest BCUT2D eigenvalue weighted by molar-refractivity contribution is 7.90. The first-order chi connectivity index (χ1) is 13.7. The quantitative estimate of drug-likeness (QED) is 0.733. The second-order valence-corrected chi connectivity index (χ2v) is 10.1. The third-order valence-corrected chi connectivity index (χ3v) is 7.29.